The van der Waals surface area contributed by atoms with Crippen molar-refractivity contribution < 1.29 is 14.3 Å². The van der Waals surface area contributed by atoms with Crippen molar-refractivity contribution in [1.29, 1.82) is 5.26 Å². The number of methoxy groups -OCH3 is 1. The van der Waals surface area contributed by atoms with Gasteiger partial charge >= 0.3 is 0 Å². The normalized spacial score (nSPS) is 13.7. The molecule has 1 fully saturated rings. The van der Waals surface area contributed by atoms with Gasteiger partial charge in [0.05, 0.1) is 35.0 Å². The molecule has 0 spiro atoms. The van der Waals surface area contributed by atoms with E-state index in [4.69, 9.17) is 39.0 Å². The third-order valence-electron chi connectivity index (χ3n) is 5.02. The van der Waals surface area contributed by atoms with E-state index in [0.29, 0.717) is 44.0 Å². The minimum atomic E-state index is -0.619. The molecule has 1 heterocycles. The lowest BCUT2D eigenvalue weighted by Gasteiger charge is -2.16. The predicted molar refractivity (Wildman–Crippen MR) is 125 cm³/mol. The number of hydrogen-bond acceptors (Lipinski definition) is 6. The molecule has 2 aromatic carbocycles. The minimum absolute atomic E-state index is 0.224. The molecule has 0 bridgehead atoms. The second kappa shape index (κ2) is 8.49. The average Bonchev–Trinajstić information content (AvgIpc) is 3.54. The number of anilines is 1. The summed E-state index contributed by atoms with van der Waals surface area (Å²) in [5, 5.41) is 16.5. The summed E-state index contributed by atoms with van der Waals surface area (Å²) in [4.78, 5) is 16.1. The molecule has 10 heteroatoms. The van der Waals surface area contributed by atoms with Gasteiger partial charge in [-0.15, -0.1) is 0 Å². The lowest BCUT2D eigenvalue weighted by molar-refractivity contribution is 0.0997. The summed E-state index contributed by atoms with van der Waals surface area (Å²) in [5.41, 5.74) is 6.28. The number of carbonyl (C=O) groups excluding carboxylic acids is 1. The van der Waals surface area contributed by atoms with E-state index >= 15 is 0 Å². The number of hydrogen-bond donors (Lipinski definition) is 3. The zero-order valence-corrected chi connectivity index (χ0v) is 18.5. The zero-order valence-electron chi connectivity index (χ0n) is 16.9. The number of halogens is 1. The number of nitriles is 1. The highest BCUT2D eigenvalue weighted by Crippen LogP contribution is 2.36. The van der Waals surface area contributed by atoms with Crippen LogP contribution in [0, 0.1) is 11.3 Å². The first-order chi connectivity index (χ1) is 15.3. The molecule has 0 aliphatic heterocycles. The van der Waals surface area contributed by atoms with Gasteiger partial charge in [-0.3, -0.25) is 9.78 Å². The Morgan fingerprint density at radius 3 is 2.69 bits per heavy atom. The first-order valence-electron chi connectivity index (χ1n) is 9.58. The van der Waals surface area contributed by atoms with Crippen LogP contribution in [0.25, 0.3) is 10.9 Å². The molecule has 0 saturated heterocycles. The van der Waals surface area contributed by atoms with Crippen LogP contribution in [0.5, 0.6) is 17.2 Å². The van der Waals surface area contributed by atoms with Crippen molar-refractivity contribution in [2.45, 2.75) is 18.4 Å². The number of benzene rings is 2. The SMILES string of the molecule is COc1cc2nccc(Oc3ccc(NC(=S)NC4(C#N)CC4)c(Cl)c3)c2cc1C(N)=O. The maximum atomic E-state index is 11.8. The second-order valence-corrected chi connectivity index (χ2v) is 8.08. The van der Waals surface area contributed by atoms with E-state index < -0.39 is 11.4 Å². The quantitative estimate of drug-likeness (QED) is 0.462. The number of rotatable bonds is 6. The van der Waals surface area contributed by atoms with Crippen LogP contribution in [0.4, 0.5) is 5.69 Å². The highest BCUT2D eigenvalue weighted by molar-refractivity contribution is 7.80. The smallest absolute Gasteiger partial charge is 0.252 e. The molecule has 3 aromatic rings. The summed E-state index contributed by atoms with van der Waals surface area (Å²) >= 11 is 11.7. The van der Waals surface area contributed by atoms with E-state index in [-0.39, 0.29) is 5.56 Å². The average molecular weight is 468 g/mol. The van der Waals surface area contributed by atoms with Crippen LogP contribution < -0.4 is 25.8 Å². The van der Waals surface area contributed by atoms with E-state index in [9.17, 15) is 10.1 Å². The van der Waals surface area contributed by atoms with E-state index in [2.05, 4.69) is 21.7 Å². The number of nitrogens with two attached hydrogens (primary N) is 1. The highest BCUT2D eigenvalue weighted by Gasteiger charge is 2.43. The lowest BCUT2D eigenvalue weighted by Crippen LogP contribution is -2.38. The molecule has 32 heavy (non-hydrogen) atoms. The zero-order chi connectivity index (χ0) is 22.9. The second-order valence-electron chi connectivity index (χ2n) is 7.26. The summed E-state index contributed by atoms with van der Waals surface area (Å²) in [5.74, 6) is 0.658. The van der Waals surface area contributed by atoms with Crippen molar-refractivity contribution in [3.8, 4) is 23.3 Å². The number of primary amides is 1. The molecule has 1 amide bonds. The summed E-state index contributed by atoms with van der Waals surface area (Å²) in [6.45, 7) is 0. The van der Waals surface area contributed by atoms with Crippen molar-refractivity contribution in [1.82, 2.24) is 10.3 Å². The van der Waals surface area contributed by atoms with Gasteiger partial charge in [-0.2, -0.15) is 5.26 Å². The van der Waals surface area contributed by atoms with Crippen molar-refractivity contribution in [2.75, 3.05) is 12.4 Å². The van der Waals surface area contributed by atoms with Gasteiger partial charge in [0.25, 0.3) is 5.91 Å². The molecule has 1 saturated carbocycles. The van der Waals surface area contributed by atoms with E-state index in [0.717, 1.165) is 12.8 Å². The molecule has 0 radical (unpaired) electrons. The fourth-order valence-corrected chi connectivity index (χ4v) is 3.67. The lowest BCUT2D eigenvalue weighted by atomic mass is 10.1. The molecule has 1 aliphatic carbocycles. The Hall–Kier alpha value is -3.61. The Morgan fingerprint density at radius 2 is 2.06 bits per heavy atom. The highest BCUT2D eigenvalue weighted by atomic mass is 35.5. The molecule has 4 rings (SSSR count). The molecule has 8 nitrogen and oxygen atoms in total. The largest absolute Gasteiger partial charge is 0.496 e. The van der Waals surface area contributed by atoms with Crippen molar-refractivity contribution in [2.24, 2.45) is 5.73 Å². The van der Waals surface area contributed by atoms with Crippen LogP contribution in [0.3, 0.4) is 0 Å². The number of nitrogens with one attached hydrogen (secondary N) is 2. The molecule has 162 valence electrons. The molecule has 1 aliphatic rings. The molecule has 0 atom stereocenters. The van der Waals surface area contributed by atoms with Crippen LogP contribution in [-0.4, -0.2) is 28.7 Å². The van der Waals surface area contributed by atoms with Gasteiger partial charge in [0.1, 0.15) is 22.8 Å². The number of amides is 1. The summed E-state index contributed by atoms with van der Waals surface area (Å²) in [7, 11) is 1.46. The third-order valence-corrected chi connectivity index (χ3v) is 5.54. The Labute approximate surface area is 194 Å². The fraction of sp³-hybridized carbons (Fsp3) is 0.182. The van der Waals surface area contributed by atoms with E-state index in [1.54, 1.807) is 42.6 Å². The Morgan fingerprint density at radius 1 is 1.28 bits per heavy atom. The topological polar surface area (TPSA) is 122 Å². The standard InChI is InChI=1S/C22H18ClN5O3S/c1-30-19-10-17-13(9-14(19)20(25)29)18(4-7-26-17)31-12-2-3-16(15(23)8-12)27-21(32)28-22(11-24)5-6-22/h2-4,7-10H,5-6H2,1H3,(H2,25,29)(H2,27,28,32). The van der Waals surface area contributed by atoms with E-state index in [1.807, 2.05) is 0 Å². The first kappa shape index (κ1) is 21.6. The summed E-state index contributed by atoms with van der Waals surface area (Å²) < 4.78 is 11.2. The van der Waals surface area contributed by atoms with E-state index in [1.165, 1.54) is 7.11 Å². The number of carbonyl (C=O) groups is 1. The van der Waals surface area contributed by atoms with Gasteiger partial charge in [0.2, 0.25) is 0 Å². The van der Waals surface area contributed by atoms with Gasteiger partial charge < -0.3 is 25.8 Å². The number of nitrogens with zero attached hydrogens (tertiary/aromatic N) is 2. The molecular formula is C22H18ClN5O3S. The minimum Gasteiger partial charge on any atom is -0.496 e. The Balaban J connectivity index is 1.57. The predicted octanol–water partition coefficient (Wildman–Crippen LogP) is 4.13. The van der Waals surface area contributed by atoms with Crippen LogP contribution in [0.1, 0.15) is 23.2 Å². The van der Waals surface area contributed by atoms with Gasteiger partial charge in [-0.05, 0) is 49.3 Å². The Bertz CT molecular complexity index is 1290. The van der Waals surface area contributed by atoms with Crippen molar-refractivity contribution in [3.63, 3.8) is 0 Å². The van der Waals surface area contributed by atoms with Crippen molar-refractivity contribution >= 4 is 51.4 Å². The maximum Gasteiger partial charge on any atom is 0.252 e. The molecular weight excluding hydrogens is 450 g/mol. The third kappa shape index (κ3) is 4.37. The molecule has 4 N–H and O–H groups in total. The molecule has 0 unspecified atom stereocenters. The van der Waals surface area contributed by atoms with Gasteiger partial charge in [-0.25, -0.2) is 0 Å². The van der Waals surface area contributed by atoms with Crippen LogP contribution in [-0.2, 0) is 0 Å². The number of ether oxygens (including phenoxy) is 2. The Kier molecular flexibility index (Phi) is 5.74. The molecule has 1 aromatic heterocycles. The number of fused-ring (bicyclic) bond motifs is 1. The maximum absolute atomic E-state index is 11.8. The van der Waals surface area contributed by atoms with Gasteiger partial charge in [-0.1, -0.05) is 11.6 Å². The van der Waals surface area contributed by atoms with Crippen LogP contribution >= 0.6 is 23.8 Å². The number of aromatic nitrogens is 1. The van der Waals surface area contributed by atoms with Crippen LogP contribution in [0.15, 0.2) is 42.6 Å². The number of thiocarbonyl (C=S) groups is 1. The van der Waals surface area contributed by atoms with Crippen LogP contribution in [0.2, 0.25) is 5.02 Å². The fourth-order valence-electron chi connectivity index (χ4n) is 3.15. The van der Waals surface area contributed by atoms with Gasteiger partial charge in [0, 0.05) is 23.7 Å². The number of pyridine rings is 1. The summed E-state index contributed by atoms with van der Waals surface area (Å²) in [6, 6.07) is 12.2. The summed E-state index contributed by atoms with van der Waals surface area (Å²) in [6.07, 6.45) is 3.11. The van der Waals surface area contributed by atoms with Crippen molar-refractivity contribution in [3.05, 3.63) is 53.2 Å². The van der Waals surface area contributed by atoms with Gasteiger partial charge in [0.15, 0.2) is 5.11 Å². The monoisotopic (exact) mass is 467 g/mol. The first-order valence-corrected chi connectivity index (χ1v) is 10.4.